The number of hydrogen-bond donors (Lipinski definition) is 5. The second-order valence-electron chi connectivity index (χ2n) is 11.2. The molecule has 0 bridgehead atoms. The number of aliphatic hydroxyl groups is 3. The Morgan fingerprint density at radius 2 is 1.79 bits per heavy atom. The number of nitrogens with zero attached hydrogens (tertiary/aromatic N) is 2. The molecule has 0 radical (unpaired) electrons. The monoisotopic (exact) mass is 527 g/mol. The molecule has 1 saturated heterocycles. The van der Waals surface area contributed by atoms with Crippen LogP contribution in [0.4, 0.5) is 0 Å². The van der Waals surface area contributed by atoms with Gasteiger partial charge in [0.1, 0.15) is 11.5 Å². The Labute approximate surface area is 219 Å². The maximum atomic E-state index is 14.0. The van der Waals surface area contributed by atoms with E-state index in [1.165, 1.54) is 30.0 Å². The molecule has 3 aliphatic carbocycles. The van der Waals surface area contributed by atoms with Gasteiger partial charge in [0.2, 0.25) is 11.7 Å². The fourth-order valence-corrected chi connectivity index (χ4v) is 6.86. The number of amides is 1. The first-order valence-corrected chi connectivity index (χ1v) is 12.8. The number of phenolic OH excluding ortho intramolecular Hbond substituents is 1. The minimum Gasteiger partial charge on any atom is -0.507 e. The molecule has 11 heteroatoms. The quantitative estimate of drug-likeness (QED) is 0.328. The van der Waals surface area contributed by atoms with Gasteiger partial charge in [0.05, 0.1) is 23.9 Å². The Bertz CT molecular complexity index is 1260. The minimum atomic E-state index is -2.80. The van der Waals surface area contributed by atoms with Gasteiger partial charge in [-0.15, -0.1) is 0 Å². The number of ketones is 3. The Balaban J connectivity index is 1.60. The molecule has 0 spiro atoms. The Morgan fingerprint density at radius 3 is 2.42 bits per heavy atom. The van der Waals surface area contributed by atoms with Gasteiger partial charge in [0.15, 0.2) is 23.1 Å². The van der Waals surface area contributed by atoms with Crippen LogP contribution >= 0.6 is 0 Å². The highest BCUT2D eigenvalue weighted by Gasteiger charge is 2.69. The Kier molecular flexibility index (Phi) is 6.26. The molecule has 5 N–H and O–H groups in total. The predicted octanol–water partition coefficient (Wildman–Crippen LogP) is -0.314. The van der Waals surface area contributed by atoms with Crippen molar-refractivity contribution in [2.75, 3.05) is 33.9 Å². The molecule has 6 atom stereocenters. The average Bonchev–Trinajstić information content (AvgIpc) is 3.37. The topological polar surface area (TPSA) is 168 Å². The van der Waals surface area contributed by atoms with Gasteiger partial charge in [-0.05, 0) is 65.0 Å². The van der Waals surface area contributed by atoms with Gasteiger partial charge < -0.3 is 25.7 Å². The summed E-state index contributed by atoms with van der Waals surface area (Å²) >= 11 is 0. The smallest absolute Gasteiger partial charge is 0.239 e. The largest absolute Gasteiger partial charge is 0.507 e. The Morgan fingerprint density at radius 1 is 1.13 bits per heavy atom. The van der Waals surface area contributed by atoms with E-state index in [-0.39, 0.29) is 30.0 Å². The van der Waals surface area contributed by atoms with Crippen LogP contribution in [0.5, 0.6) is 5.75 Å². The van der Waals surface area contributed by atoms with Gasteiger partial charge in [-0.2, -0.15) is 0 Å². The lowest BCUT2D eigenvalue weighted by molar-refractivity contribution is -0.179. The first kappa shape index (κ1) is 26.5. The molecule has 4 aliphatic rings. The van der Waals surface area contributed by atoms with E-state index in [1.807, 2.05) is 4.90 Å². The number of carbonyl (C=O) groups is 4. The van der Waals surface area contributed by atoms with Gasteiger partial charge >= 0.3 is 0 Å². The molecule has 1 aromatic carbocycles. The molecule has 2 saturated carbocycles. The Hall–Kier alpha value is -3.12. The normalized spacial score (nSPS) is 35.3. The number of phenols is 1. The maximum Gasteiger partial charge on any atom is 0.239 e. The summed E-state index contributed by atoms with van der Waals surface area (Å²) in [6.07, 6.45) is 1.74. The van der Waals surface area contributed by atoms with E-state index < -0.39 is 69.6 Å². The van der Waals surface area contributed by atoms with Crippen LogP contribution in [-0.4, -0.2) is 99.0 Å². The molecule has 1 aliphatic heterocycles. The number of aromatic hydroxyl groups is 1. The van der Waals surface area contributed by atoms with Crippen LogP contribution in [0.3, 0.4) is 0 Å². The zero-order chi connectivity index (χ0) is 27.7. The second kappa shape index (κ2) is 8.98. The SMILES string of the molecule is CN(C)[C@@H]1C(=O)C(C(=O)NCN2CCCC2)C(=O)[C@@]2(O)C(=O)C3=C(O)c4c(O)cccc4[C@@](C)(O)C3CC12. The van der Waals surface area contributed by atoms with Gasteiger partial charge in [-0.3, -0.25) is 29.0 Å². The summed E-state index contributed by atoms with van der Waals surface area (Å²) in [5, 5.41) is 47.6. The third-order valence-corrected chi connectivity index (χ3v) is 8.81. The molecule has 11 nitrogen and oxygen atoms in total. The first-order chi connectivity index (χ1) is 17.8. The maximum absolute atomic E-state index is 14.0. The number of nitrogens with one attached hydrogen (secondary N) is 1. The summed E-state index contributed by atoms with van der Waals surface area (Å²) in [6, 6.07) is 3.09. The number of Topliss-reactive ketones (excluding diaryl/α,β-unsaturated/α-hetero) is 3. The van der Waals surface area contributed by atoms with E-state index in [4.69, 9.17) is 0 Å². The number of likely N-dealkylation sites (tertiary alicyclic amines) is 1. The van der Waals surface area contributed by atoms with E-state index in [0.717, 1.165) is 25.9 Å². The highest BCUT2D eigenvalue weighted by Crippen LogP contribution is 2.56. The number of rotatable bonds is 4. The van der Waals surface area contributed by atoms with Crippen molar-refractivity contribution in [3.05, 3.63) is 34.9 Å². The highest BCUT2D eigenvalue weighted by atomic mass is 16.3. The van der Waals surface area contributed by atoms with Crippen LogP contribution in [0, 0.1) is 17.8 Å². The average molecular weight is 528 g/mol. The number of aliphatic hydroxyl groups excluding tert-OH is 1. The highest BCUT2D eigenvalue weighted by molar-refractivity contribution is 6.32. The van der Waals surface area contributed by atoms with Crippen molar-refractivity contribution in [1.29, 1.82) is 0 Å². The van der Waals surface area contributed by atoms with E-state index in [1.54, 1.807) is 14.1 Å². The summed E-state index contributed by atoms with van der Waals surface area (Å²) in [6.45, 7) is 3.08. The third-order valence-electron chi connectivity index (χ3n) is 8.81. The summed E-state index contributed by atoms with van der Waals surface area (Å²) in [7, 11) is 3.11. The summed E-state index contributed by atoms with van der Waals surface area (Å²) < 4.78 is 0. The van der Waals surface area contributed by atoms with Gasteiger partial charge in [0, 0.05) is 17.4 Å². The fourth-order valence-electron chi connectivity index (χ4n) is 6.86. The van der Waals surface area contributed by atoms with Gasteiger partial charge in [-0.1, -0.05) is 12.1 Å². The zero-order valence-corrected chi connectivity index (χ0v) is 21.6. The molecular formula is C27H33N3O8. The van der Waals surface area contributed by atoms with E-state index in [9.17, 15) is 39.6 Å². The number of fused-ring (bicyclic) bond motifs is 3. The first-order valence-electron chi connectivity index (χ1n) is 12.8. The van der Waals surface area contributed by atoms with Gasteiger partial charge in [0.25, 0.3) is 0 Å². The van der Waals surface area contributed by atoms with Gasteiger partial charge in [-0.25, -0.2) is 0 Å². The molecule has 3 fully saturated rings. The van der Waals surface area contributed by atoms with Crippen molar-refractivity contribution < 1.29 is 39.6 Å². The fraction of sp³-hybridized carbons (Fsp3) is 0.556. The lowest BCUT2D eigenvalue weighted by Gasteiger charge is -2.53. The number of likely N-dealkylation sites (N-methyl/N-ethyl adjacent to an activating group) is 1. The molecule has 1 heterocycles. The molecule has 3 unspecified atom stereocenters. The van der Waals surface area contributed by atoms with Crippen molar-refractivity contribution in [2.24, 2.45) is 17.8 Å². The molecule has 1 amide bonds. The zero-order valence-electron chi connectivity index (χ0n) is 21.6. The van der Waals surface area contributed by atoms with Crippen LogP contribution in [-0.2, 0) is 24.8 Å². The third kappa shape index (κ3) is 3.56. The van der Waals surface area contributed by atoms with Crippen molar-refractivity contribution in [3.8, 4) is 5.75 Å². The number of benzene rings is 1. The van der Waals surface area contributed by atoms with Crippen molar-refractivity contribution >= 4 is 29.0 Å². The molecule has 5 rings (SSSR count). The predicted molar refractivity (Wildman–Crippen MR) is 134 cm³/mol. The summed E-state index contributed by atoms with van der Waals surface area (Å²) in [5.41, 5.74) is -4.96. The van der Waals surface area contributed by atoms with Crippen molar-refractivity contribution in [2.45, 2.75) is 43.4 Å². The molecule has 204 valence electrons. The molecule has 0 aromatic heterocycles. The molecular weight excluding hydrogens is 494 g/mol. The van der Waals surface area contributed by atoms with Crippen LogP contribution < -0.4 is 5.32 Å². The lowest BCUT2D eigenvalue weighted by atomic mass is 9.52. The molecule has 38 heavy (non-hydrogen) atoms. The van der Waals surface area contributed by atoms with Crippen LogP contribution in [0.2, 0.25) is 0 Å². The number of hydrogen-bond acceptors (Lipinski definition) is 10. The van der Waals surface area contributed by atoms with Crippen molar-refractivity contribution in [3.63, 3.8) is 0 Å². The van der Waals surface area contributed by atoms with Crippen molar-refractivity contribution in [1.82, 2.24) is 15.1 Å². The van der Waals surface area contributed by atoms with Crippen LogP contribution in [0.15, 0.2) is 23.8 Å². The van der Waals surface area contributed by atoms with E-state index >= 15 is 0 Å². The minimum absolute atomic E-state index is 0.130. The van der Waals surface area contributed by atoms with E-state index in [0.29, 0.717) is 0 Å². The summed E-state index contributed by atoms with van der Waals surface area (Å²) in [5.74, 6) is -9.35. The second-order valence-corrected chi connectivity index (χ2v) is 11.2. The standard InChI is InChI=1S/C27H33N3O8/c1-26(37)13-7-6-8-16(31)17(13)21(32)18-14(26)11-15-20(29(2)3)22(33)19(24(35)27(15,38)23(18)34)25(36)28-12-30-9-4-5-10-30/h6-8,14-15,19-20,31-32,37-38H,4-5,9-12H2,1-3H3,(H,28,36)/t14?,15?,19?,20-,26+,27-/m0/s1. The van der Waals surface area contributed by atoms with E-state index in [2.05, 4.69) is 5.32 Å². The molecule has 1 aromatic rings. The lowest BCUT2D eigenvalue weighted by Crippen LogP contribution is -2.73. The van der Waals surface area contributed by atoms with Crippen LogP contribution in [0.1, 0.15) is 37.3 Å². The summed E-state index contributed by atoms with van der Waals surface area (Å²) in [4.78, 5) is 58.0. The van der Waals surface area contributed by atoms with Crippen LogP contribution in [0.25, 0.3) is 5.76 Å². The number of carbonyl (C=O) groups excluding carboxylic acids is 4.